The second-order valence-electron chi connectivity index (χ2n) is 9.73. The summed E-state index contributed by atoms with van der Waals surface area (Å²) in [6.07, 6.45) is 6.61. The molecule has 1 fully saturated rings. The van der Waals surface area contributed by atoms with E-state index >= 15 is 0 Å². The molecule has 0 amide bonds. The number of benzene rings is 2. The second-order valence-corrected chi connectivity index (χ2v) is 13.2. The maximum atomic E-state index is 13.9. The minimum absolute atomic E-state index is 0.243. The molecule has 2 aromatic carbocycles. The van der Waals surface area contributed by atoms with Crippen molar-refractivity contribution >= 4 is 21.7 Å². The molecule has 1 aromatic heterocycles. The predicted octanol–water partition coefficient (Wildman–Crippen LogP) is 6.26. The summed E-state index contributed by atoms with van der Waals surface area (Å²) in [5.74, 6) is 1.13. The lowest BCUT2D eigenvalue weighted by Gasteiger charge is -2.46. The molecule has 0 radical (unpaired) electrons. The first kappa shape index (κ1) is 26.1. The molecule has 12 heteroatoms. The van der Waals surface area contributed by atoms with Crippen LogP contribution in [-0.2, 0) is 10.6 Å². The Hall–Kier alpha value is -3.51. The normalized spacial score (nSPS) is 22.4. The molecule has 1 atom stereocenters. The van der Waals surface area contributed by atoms with E-state index in [4.69, 9.17) is 9.57 Å². The first-order valence-corrected chi connectivity index (χ1v) is 14.3. The molecule has 204 valence electrons. The number of fused-ring (bicyclic) bond motifs is 1. The van der Waals surface area contributed by atoms with Gasteiger partial charge < -0.3 is 24.1 Å². The highest BCUT2D eigenvalue weighted by molar-refractivity contribution is 8.49. The van der Waals surface area contributed by atoms with Crippen LogP contribution >= 0.6 is 9.84 Å². The van der Waals surface area contributed by atoms with E-state index in [1.54, 1.807) is 18.3 Å². The molecule has 3 heterocycles. The van der Waals surface area contributed by atoms with Crippen molar-refractivity contribution in [1.82, 2.24) is 14.5 Å². The van der Waals surface area contributed by atoms with E-state index in [-0.39, 0.29) is 11.8 Å². The number of ether oxygens (including phenoxy) is 1. The van der Waals surface area contributed by atoms with Crippen LogP contribution in [0, 0.1) is 6.92 Å². The smallest absolute Gasteiger partial charge is 0.260 e. The molecule has 2 aliphatic rings. The van der Waals surface area contributed by atoms with Crippen LogP contribution in [0.1, 0.15) is 29.7 Å². The number of aromatic nitrogens is 2. The third-order valence-corrected chi connectivity index (χ3v) is 8.19. The van der Waals surface area contributed by atoms with Crippen molar-refractivity contribution in [2.75, 3.05) is 26.5 Å². The van der Waals surface area contributed by atoms with Crippen LogP contribution in [-0.4, -0.2) is 51.9 Å². The summed E-state index contributed by atoms with van der Waals surface area (Å²) in [5.41, 5.74) is 2.13. The molecule has 38 heavy (non-hydrogen) atoms. The number of amidine groups is 1. The first-order valence-electron chi connectivity index (χ1n) is 11.9. The lowest BCUT2D eigenvalue weighted by atomic mass is 9.95. The van der Waals surface area contributed by atoms with E-state index < -0.39 is 27.1 Å². The Morgan fingerprint density at radius 2 is 1.89 bits per heavy atom. The van der Waals surface area contributed by atoms with Gasteiger partial charge in [0.05, 0.1) is 36.0 Å². The zero-order valence-corrected chi connectivity index (χ0v) is 21.9. The number of aliphatic hydroxyl groups excluding tert-OH is 1. The van der Waals surface area contributed by atoms with Crippen molar-refractivity contribution in [2.45, 2.75) is 30.4 Å². The standard InChI is InChI=1S/C26H28F4N4O3S/c1-18-15-33(17-31-18)23-11-6-19(14-24(23)36-2)13-20-5-4-12-34-25(20)32-37-26(34,16-35)21-7-9-22(10-8-21)38(3,27,28,29)30/h6-11,13-15,17,35H,4-5,12,16H2,1-3H3/b20-13+. The fraction of sp³-hybridized carbons (Fsp3) is 0.308. The Labute approximate surface area is 217 Å². The SMILES string of the molecule is COc1cc(/C=C2\CCCN3C2=NOC3(CO)c2ccc(S(C)(F)(F)(F)F)cc2)ccc1-n1cnc(C)c1. The Balaban J connectivity index is 1.46. The number of piperidine rings is 1. The minimum Gasteiger partial charge on any atom is -0.495 e. The molecular formula is C26H28F4N4O3S. The number of hydrogen-bond acceptors (Lipinski definition) is 6. The van der Waals surface area contributed by atoms with E-state index in [9.17, 15) is 20.6 Å². The van der Waals surface area contributed by atoms with Gasteiger partial charge in [0.25, 0.3) is 5.72 Å². The molecular weight excluding hydrogens is 524 g/mol. The Morgan fingerprint density at radius 3 is 2.50 bits per heavy atom. The Kier molecular flexibility index (Phi) is 5.66. The highest BCUT2D eigenvalue weighted by Crippen LogP contribution is 2.98. The maximum Gasteiger partial charge on any atom is 0.260 e. The molecule has 1 N–H and O–H groups in total. The van der Waals surface area contributed by atoms with Gasteiger partial charge in [0.2, 0.25) is 0 Å². The van der Waals surface area contributed by atoms with Gasteiger partial charge in [0.15, 0.2) is 15.7 Å². The van der Waals surface area contributed by atoms with Crippen molar-refractivity contribution in [3.05, 3.63) is 77.4 Å². The first-order chi connectivity index (χ1) is 17.7. The molecule has 2 aliphatic heterocycles. The van der Waals surface area contributed by atoms with E-state index in [0.717, 1.165) is 34.7 Å². The molecule has 0 bridgehead atoms. The van der Waals surface area contributed by atoms with Crippen LogP contribution in [0.5, 0.6) is 5.75 Å². The highest BCUT2D eigenvalue weighted by Gasteiger charge is 2.59. The quantitative estimate of drug-likeness (QED) is 0.366. The van der Waals surface area contributed by atoms with Gasteiger partial charge in [-0.2, -0.15) is 0 Å². The second kappa shape index (κ2) is 8.24. The van der Waals surface area contributed by atoms with Gasteiger partial charge in [0.1, 0.15) is 12.4 Å². The van der Waals surface area contributed by atoms with Gasteiger partial charge in [-0.15, -0.1) is 15.5 Å². The number of rotatable bonds is 6. The summed E-state index contributed by atoms with van der Waals surface area (Å²) in [6, 6.07) is 9.37. The molecule has 3 aromatic rings. The third kappa shape index (κ3) is 4.62. The number of halogens is 4. The van der Waals surface area contributed by atoms with Crippen LogP contribution < -0.4 is 4.74 Å². The number of imidazole rings is 1. The van der Waals surface area contributed by atoms with Gasteiger partial charge in [-0.3, -0.25) is 0 Å². The number of nitrogens with zero attached hydrogens (tertiary/aromatic N) is 4. The van der Waals surface area contributed by atoms with Crippen LogP contribution in [0.2, 0.25) is 0 Å². The molecule has 5 rings (SSSR count). The van der Waals surface area contributed by atoms with E-state index in [1.807, 2.05) is 42.0 Å². The average Bonchev–Trinajstić information content (AvgIpc) is 3.47. The van der Waals surface area contributed by atoms with Gasteiger partial charge in [-0.05, 0) is 61.2 Å². The molecule has 1 saturated heterocycles. The van der Waals surface area contributed by atoms with E-state index in [2.05, 4.69) is 10.1 Å². The lowest BCUT2D eigenvalue weighted by Crippen LogP contribution is -2.51. The van der Waals surface area contributed by atoms with Gasteiger partial charge in [0, 0.05) is 18.3 Å². The van der Waals surface area contributed by atoms with Crippen molar-refractivity contribution in [2.24, 2.45) is 5.16 Å². The number of aryl methyl sites for hydroxylation is 1. The molecule has 0 saturated carbocycles. The zero-order chi connectivity index (χ0) is 27.4. The molecule has 0 spiro atoms. The number of methoxy groups -OCH3 is 1. The van der Waals surface area contributed by atoms with Crippen molar-refractivity contribution < 1.29 is 30.2 Å². The van der Waals surface area contributed by atoms with Crippen molar-refractivity contribution in [3.8, 4) is 11.4 Å². The summed E-state index contributed by atoms with van der Waals surface area (Å²) in [5, 5.41) is 14.6. The van der Waals surface area contributed by atoms with Crippen LogP contribution in [0.25, 0.3) is 11.8 Å². The maximum absolute atomic E-state index is 13.9. The number of oxime groups is 1. The fourth-order valence-corrected chi connectivity index (χ4v) is 5.63. The summed E-state index contributed by atoms with van der Waals surface area (Å²) in [4.78, 5) is 10.4. The topological polar surface area (TPSA) is 72.1 Å². The van der Waals surface area contributed by atoms with Gasteiger partial charge in [-0.25, -0.2) is 4.98 Å². The van der Waals surface area contributed by atoms with Gasteiger partial charge in [-0.1, -0.05) is 23.4 Å². The summed E-state index contributed by atoms with van der Waals surface area (Å²) >= 11 is 0. The minimum atomic E-state index is -8.34. The van der Waals surface area contributed by atoms with Crippen LogP contribution in [0.15, 0.2) is 70.6 Å². The van der Waals surface area contributed by atoms with Crippen molar-refractivity contribution in [3.63, 3.8) is 0 Å². The van der Waals surface area contributed by atoms with Crippen molar-refractivity contribution in [1.29, 1.82) is 0 Å². The molecule has 0 aliphatic carbocycles. The largest absolute Gasteiger partial charge is 0.495 e. The number of aliphatic hydroxyl groups is 1. The number of hydrogen-bond donors (Lipinski definition) is 1. The van der Waals surface area contributed by atoms with E-state index in [1.165, 1.54) is 0 Å². The summed E-state index contributed by atoms with van der Waals surface area (Å²) in [6.45, 7) is 1.80. The zero-order valence-electron chi connectivity index (χ0n) is 21.1. The Bertz CT molecular complexity index is 1450. The molecule has 7 nitrogen and oxygen atoms in total. The predicted molar refractivity (Wildman–Crippen MR) is 139 cm³/mol. The highest BCUT2D eigenvalue weighted by atomic mass is 32.5. The third-order valence-electron chi connectivity index (χ3n) is 6.74. The average molecular weight is 553 g/mol. The van der Waals surface area contributed by atoms with Gasteiger partial charge >= 0.3 is 0 Å². The van der Waals surface area contributed by atoms with Crippen LogP contribution in [0.3, 0.4) is 0 Å². The van der Waals surface area contributed by atoms with Crippen LogP contribution in [0.4, 0.5) is 15.5 Å². The lowest BCUT2D eigenvalue weighted by molar-refractivity contribution is -0.137. The fourth-order valence-electron chi connectivity index (χ4n) is 4.81. The molecule has 1 unspecified atom stereocenters. The van der Waals surface area contributed by atoms with E-state index in [0.29, 0.717) is 43.1 Å². The summed E-state index contributed by atoms with van der Waals surface area (Å²) in [7, 11) is -6.75. The Morgan fingerprint density at radius 1 is 1.16 bits per heavy atom. The monoisotopic (exact) mass is 552 g/mol. The summed E-state index contributed by atoms with van der Waals surface area (Å²) < 4.78 is 62.9.